The van der Waals surface area contributed by atoms with Crippen LogP contribution >= 0.6 is 11.6 Å². The molecule has 0 aliphatic carbocycles. The highest BCUT2D eigenvalue weighted by molar-refractivity contribution is 6.32. The lowest BCUT2D eigenvalue weighted by atomic mass is 10.2. The lowest BCUT2D eigenvalue weighted by molar-refractivity contribution is 0.211. The van der Waals surface area contributed by atoms with Crippen molar-refractivity contribution in [1.82, 2.24) is 0 Å². The fourth-order valence-electron chi connectivity index (χ4n) is 2.03. The molecule has 2 aromatic rings. The molecule has 0 saturated carbocycles. The first kappa shape index (κ1) is 17.8. The summed E-state index contributed by atoms with van der Waals surface area (Å²) in [7, 11) is 1.50. The lowest BCUT2D eigenvalue weighted by Gasteiger charge is -2.13. The van der Waals surface area contributed by atoms with E-state index in [1.165, 1.54) is 13.2 Å². The summed E-state index contributed by atoms with van der Waals surface area (Å²) in [6, 6.07) is 12.5. The van der Waals surface area contributed by atoms with E-state index in [1.807, 2.05) is 37.3 Å². The minimum absolute atomic E-state index is 0.287. The van der Waals surface area contributed by atoms with Crippen molar-refractivity contribution in [2.45, 2.75) is 6.92 Å². The average molecular weight is 348 g/mol. The van der Waals surface area contributed by atoms with Gasteiger partial charge in [0.2, 0.25) is 0 Å². The van der Waals surface area contributed by atoms with Gasteiger partial charge in [-0.25, -0.2) is 0 Å². The number of halogens is 1. The Morgan fingerprint density at radius 3 is 2.21 bits per heavy atom. The lowest BCUT2D eigenvalue weighted by Crippen LogP contribution is -2.10. The van der Waals surface area contributed by atoms with Crippen LogP contribution in [0.4, 0.5) is 0 Å². The summed E-state index contributed by atoms with van der Waals surface area (Å²) in [4.78, 5) is 0. The summed E-state index contributed by atoms with van der Waals surface area (Å²) in [5, 5.41) is 9.26. The number of hydrogen-bond acceptors (Lipinski definition) is 5. The van der Waals surface area contributed by atoms with Crippen molar-refractivity contribution in [2.24, 2.45) is 0 Å². The SMILES string of the molecule is CCOc1ccc(OCCOc2c(Cl)cc(C#N)cc2OC)cc1. The van der Waals surface area contributed by atoms with E-state index < -0.39 is 0 Å². The van der Waals surface area contributed by atoms with E-state index in [0.29, 0.717) is 35.3 Å². The highest BCUT2D eigenvalue weighted by Gasteiger charge is 2.12. The standard InChI is InChI=1S/C18H18ClNO4/c1-3-22-14-4-6-15(7-5-14)23-8-9-24-18-16(19)10-13(12-20)11-17(18)21-2/h4-7,10-11H,3,8-9H2,1-2H3. The second-order valence-corrected chi connectivity index (χ2v) is 5.11. The molecular weight excluding hydrogens is 330 g/mol. The molecule has 0 unspecified atom stereocenters. The predicted octanol–water partition coefficient (Wildman–Crippen LogP) is 4.08. The topological polar surface area (TPSA) is 60.7 Å². The maximum Gasteiger partial charge on any atom is 0.179 e. The molecule has 24 heavy (non-hydrogen) atoms. The summed E-state index contributed by atoms with van der Waals surface area (Å²) < 4.78 is 21.8. The molecule has 6 heteroatoms. The third-order valence-corrected chi connectivity index (χ3v) is 3.37. The van der Waals surface area contributed by atoms with Crippen LogP contribution in [0.25, 0.3) is 0 Å². The van der Waals surface area contributed by atoms with Gasteiger partial charge in [-0.2, -0.15) is 5.26 Å². The molecule has 126 valence electrons. The van der Waals surface area contributed by atoms with E-state index >= 15 is 0 Å². The van der Waals surface area contributed by atoms with Crippen LogP contribution in [0.3, 0.4) is 0 Å². The molecule has 0 amide bonds. The van der Waals surface area contributed by atoms with Crippen LogP contribution in [0.2, 0.25) is 5.02 Å². The van der Waals surface area contributed by atoms with Crippen molar-refractivity contribution >= 4 is 11.6 Å². The van der Waals surface area contributed by atoms with E-state index in [1.54, 1.807) is 6.07 Å². The minimum atomic E-state index is 0.287. The van der Waals surface area contributed by atoms with Crippen molar-refractivity contribution in [3.63, 3.8) is 0 Å². The quantitative estimate of drug-likeness (QED) is 0.673. The zero-order valence-electron chi connectivity index (χ0n) is 13.5. The fourth-order valence-corrected chi connectivity index (χ4v) is 2.29. The zero-order valence-corrected chi connectivity index (χ0v) is 14.3. The molecule has 0 heterocycles. The first-order valence-corrected chi connectivity index (χ1v) is 7.81. The van der Waals surface area contributed by atoms with Gasteiger partial charge in [0, 0.05) is 6.07 Å². The molecule has 0 bridgehead atoms. The van der Waals surface area contributed by atoms with E-state index in [9.17, 15) is 0 Å². The molecule has 0 aliphatic rings. The molecule has 5 nitrogen and oxygen atoms in total. The molecule has 0 fully saturated rings. The Hall–Kier alpha value is -2.58. The number of ether oxygens (including phenoxy) is 4. The number of rotatable bonds is 8. The van der Waals surface area contributed by atoms with Crippen molar-refractivity contribution < 1.29 is 18.9 Å². The number of benzene rings is 2. The second kappa shape index (κ2) is 8.90. The Morgan fingerprint density at radius 2 is 1.62 bits per heavy atom. The summed E-state index contributed by atoms with van der Waals surface area (Å²) >= 11 is 6.12. The minimum Gasteiger partial charge on any atom is -0.494 e. The smallest absolute Gasteiger partial charge is 0.179 e. The molecule has 2 aromatic carbocycles. The van der Waals surface area contributed by atoms with Crippen LogP contribution in [0.15, 0.2) is 36.4 Å². The van der Waals surface area contributed by atoms with Gasteiger partial charge in [0.1, 0.15) is 24.7 Å². The second-order valence-electron chi connectivity index (χ2n) is 4.70. The molecule has 0 aromatic heterocycles. The largest absolute Gasteiger partial charge is 0.494 e. The van der Waals surface area contributed by atoms with Crippen LogP contribution in [0.5, 0.6) is 23.0 Å². The molecule has 0 atom stereocenters. The maximum absolute atomic E-state index is 8.93. The van der Waals surface area contributed by atoms with Crippen molar-refractivity contribution in [2.75, 3.05) is 26.9 Å². The molecule has 2 rings (SSSR count). The van der Waals surface area contributed by atoms with Gasteiger partial charge < -0.3 is 18.9 Å². The van der Waals surface area contributed by atoms with Gasteiger partial charge in [-0.3, -0.25) is 0 Å². The molecule has 0 aliphatic heterocycles. The fraction of sp³-hybridized carbons (Fsp3) is 0.278. The van der Waals surface area contributed by atoms with Gasteiger partial charge in [0.25, 0.3) is 0 Å². The molecule has 0 radical (unpaired) electrons. The summed E-state index contributed by atoms with van der Waals surface area (Å²) in [6.07, 6.45) is 0. The van der Waals surface area contributed by atoms with Gasteiger partial charge in [0.15, 0.2) is 11.5 Å². The van der Waals surface area contributed by atoms with Gasteiger partial charge >= 0.3 is 0 Å². The normalized spacial score (nSPS) is 9.92. The van der Waals surface area contributed by atoms with Crippen LogP contribution in [0, 0.1) is 11.3 Å². The molecule has 0 N–H and O–H groups in total. The third kappa shape index (κ3) is 4.71. The monoisotopic (exact) mass is 347 g/mol. The Kier molecular flexibility index (Phi) is 6.59. The first-order chi connectivity index (χ1) is 11.7. The summed E-state index contributed by atoms with van der Waals surface area (Å²) in [5.41, 5.74) is 0.412. The molecule has 0 saturated heterocycles. The van der Waals surface area contributed by atoms with Gasteiger partial charge in [-0.1, -0.05) is 11.6 Å². The Morgan fingerprint density at radius 1 is 1.00 bits per heavy atom. The van der Waals surface area contributed by atoms with E-state index in [2.05, 4.69) is 0 Å². The number of nitriles is 1. The number of methoxy groups -OCH3 is 1. The van der Waals surface area contributed by atoms with Crippen LogP contribution < -0.4 is 18.9 Å². The highest BCUT2D eigenvalue weighted by atomic mass is 35.5. The molecule has 0 spiro atoms. The van der Waals surface area contributed by atoms with E-state index in [-0.39, 0.29) is 6.61 Å². The van der Waals surface area contributed by atoms with Gasteiger partial charge in [-0.15, -0.1) is 0 Å². The van der Waals surface area contributed by atoms with Gasteiger partial charge in [0.05, 0.1) is 30.4 Å². The Bertz CT molecular complexity index is 710. The highest BCUT2D eigenvalue weighted by Crippen LogP contribution is 2.36. The van der Waals surface area contributed by atoms with Crippen LogP contribution in [-0.4, -0.2) is 26.9 Å². The molecular formula is C18H18ClNO4. The maximum atomic E-state index is 8.93. The van der Waals surface area contributed by atoms with Crippen LogP contribution in [-0.2, 0) is 0 Å². The van der Waals surface area contributed by atoms with Gasteiger partial charge in [-0.05, 0) is 37.3 Å². The predicted molar refractivity (Wildman–Crippen MR) is 91.3 cm³/mol. The average Bonchev–Trinajstić information content (AvgIpc) is 2.60. The summed E-state index contributed by atoms with van der Waals surface area (Å²) in [5.74, 6) is 2.34. The Labute approximate surface area is 146 Å². The summed E-state index contributed by atoms with van der Waals surface area (Å²) in [6.45, 7) is 3.19. The van der Waals surface area contributed by atoms with Crippen molar-refractivity contribution in [3.8, 4) is 29.1 Å². The third-order valence-electron chi connectivity index (χ3n) is 3.09. The van der Waals surface area contributed by atoms with E-state index in [0.717, 1.165) is 11.5 Å². The Balaban J connectivity index is 1.89. The van der Waals surface area contributed by atoms with Crippen molar-refractivity contribution in [1.29, 1.82) is 5.26 Å². The van der Waals surface area contributed by atoms with Crippen LogP contribution in [0.1, 0.15) is 12.5 Å². The van der Waals surface area contributed by atoms with E-state index in [4.69, 9.17) is 35.8 Å². The van der Waals surface area contributed by atoms with Crippen molar-refractivity contribution in [3.05, 3.63) is 47.0 Å². The zero-order chi connectivity index (χ0) is 17.4. The first-order valence-electron chi connectivity index (χ1n) is 7.44. The number of hydrogen-bond donors (Lipinski definition) is 0. The number of nitrogens with zero attached hydrogens (tertiary/aromatic N) is 1.